The molecule has 1 amide bonds. The summed E-state index contributed by atoms with van der Waals surface area (Å²) >= 11 is -1.41. The zero-order valence-corrected chi connectivity index (χ0v) is 21.3. The highest BCUT2D eigenvalue weighted by molar-refractivity contribution is 7.91. The Bertz CT molecular complexity index is 1040. The number of rotatable bonds is 5. The maximum Gasteiger partial charge on any atom is 0.408 e. The number of hydrogen-bond donors (Lipinski definition) is 1. The molecule has 11 heteroatoms. The highest BCUT2D eigenvalue weighted by atomic mass is 32.2. The lowest BCUT2D eigenvalue weighted by atomic mass is 9.81. The van der Waals surface area contributed by atoms with Gasteiger partial charge >= 0.3 is 6.09 Å². The minimum Gasteiger partial charge on any atom is -0.591 e. The number of nitrogens with one attached hydrogen (secondary N) is 1. The summed E-state index contributed by atoms with van der Waals surface area (Å²) in [5.41, 5.74) is 0.936. The number of alkyl carbamates (subject to hydrolysis) is 1. The van der Waals surface area contributed by atoms with Gasteiger partial charge in [-0.25, -0.2) is 23.1 Å². The van der Waals surface area contributed by atoms with Crippen LogP contribution < -0.4 is 5.32 Å². The molecule has 3 rings (SSSR count). The van der Waals surface area contributed by atoms with Gasteiger partial charge in [0.1, 0.15) is 21.7 Å². The van der Waals surface area contributed by atoms with Crippen LogP contribution in [0.3, 0.4) is 0 Å². The van der Waals surface area contributed by atoms with Crippen LogP contribution in [0.2, 0.25) is 0 Å². The van der Waals surface area contributed by atoms with Crippen molar-refractivity contribution < 1.29 is 22.9 Å². The third kappa shape index (κ3) is 7.11. The van der Waals surface area contributed by atoms with Crippen molar-refractivity contribution in [1.82, 2.24) is 19.9 Å². The van der Waals surface area contributed by atoms with Crippen molar-refractivity contribution in [3.05, 3.63) is 29.7 Å². The van der Waals surface area contributed by atoms with Gasteiger partial charge in [0.05, 0.1) is 30.3 Å². The third-order valence-electron chi connectivity index (χ3n) is 5.41. The fourth-order valence-corrected chi connectivity index (χ4v) is 4.19. The van der Waals surface area contributed by atoms with Crippen molar-refractivity contribution in [1.29, 1.82) is 0 Å². The minimum absolute atomic E-state index is 0.215. The molecule has 2 atom stereocenters. The van der Waals surface area contributed by atoms with E-state index in [2.05, 4.69) is 19.8 Å². The molecule has 0 aromatic carbocycles. The van der Waals surface area contributed by atoms with Crippen LogP contribution >= 0.6 is 0 Å². The predicted molar refractivity (Wildman–Crippen MR) is 127 cm³/mol. The number of carbonyl (C=O) groups excluding carboxylic acids is 1. The Kier molecular flexibility index (Phi) is 7.57. The molecule has 0 aliphatic heterocycles. The molecular formula is C23H33F2N5O3S. The first-order chi connectivity index (χ1) is 15.6. The molecule has 188 valence electrons. The zero-order chi connectivity index (χ0) is 25.3. The van der Waals surface area contributed by atoms with Crippen LogP contribution in [0.5, 0.6) is 0 Å². The number of fused-ring (bicyclic) bond motifs is 1. The van der Waals surface area contributed by atoms with E-state index < -0.39 is 39.8 Å². The molecule has 0 radical (unpaired) electrons. The predicted octanol–water partition coefficient (Wildman–Crippen LogP) is 5.00. The molecule has 2 aromatic rings. The number of amides is 1. The molecule has 1 N–H and O–H groups in total. The molecule has 1 aliphatic rings. The summed E-state index contributed by atoms with van der Waals surface area (Å²) in [6.45, 7) is 10.8. The molecule has 34 heavy (non-hydrogen) atoms. The second kappa shape index (κ2) is 9.77. The maximum absolute atomic E-state index is 13.8. The van der Waals surface area contributed by atoms with Crippen molar-refractivity contribution in [2.75, 3.05) is 0 Å². The Hall–Kier alpha value is -2.27. The first kappa shape index (κ1) is 26.3. The van der Waals surface area contributed by atoms with Crippen LogP contribution in [0, 0.1) is 5.92 Å². The van der Waals surface area contributed by atoms with Crippen molar-refractivity contribution >= 4 is 29.3 Å². The molecular weight excluding hydrogens is 464 g/mol. The fraction of sp³-hybridized carbons (Fsp3) is 0.652. The van der Waals surface area contributed by atoms with E-state index in [1.807, 2.05) is 20.8 Å². The lowest BCUT2D eigenvalue weighted by Gasteiger charge is -2.33. The van der Waals surface area contributed by atoms with Gasteiger partial charge in [0.2, 0.25) is 5.92 Å². The summed E-state index contributed by atoms with van der Waals surface area (Å²) in [7, 11) is 0. The smallest absolute Gasteiger partial charge is 0.408 e. The van der Waals surface area contributed by atoms with Crippen LogP contribution in [-0.2, 0) is 16.1 Å². The number of aromatic nitrogens is 3. The van der Waals surface area contributed by atoms with Crippen molar-refractivity contribution in [2.45, 2.75) is 89.5 Å². The van der Waals surface area contributed by atoms with E-state index in [0.717, 1.165) is 0 Å². The van der Waals surface area contributed by atoms with E-state index in [-0.39, 0.29) is 31.6 Å². The summed E-state index contributed by atoms with van der Waals surface area (Å²) in [6.07, 6.45) is 4.15. The largest absolute Gasteiger partial charge is 0.591 e. The van der Waals surface area contributed by atoms with E-state index in [1.54, 1.807) is 43.7 Å². The summed E-state index contributed by atoms with van der Waals surface area (Å²) in [6, 6.07) is 1.14. The lowest BCUT2D eigenvalue weighted by Crippen LogP contribution is -2.40. The SMILES string of the molecule is CC(C)(C)OC(=O)N[C@H](c1cn2ncc(/C=N/[S@+]([O-])C(C)(C)C)cc2n1)C1CCC(F)(F)CC1. The lowest BCUT2D eigenvalue weighted by molar-refractivity contribution is -0.0500. The van der Waals surface area contributed by atoms with E-state index in [9.17, 15) is 18.1 Å². The molecule has 0 saturated heterocycles. The van der Waals surface area contributed by atoms with E-state index in [4.69, 9.17) is 4.74 Å². The van der Waals surface area contributed by atoms with Crippen LogP contribution in [0.1, 0.15) is 84.5 Å². The van der Waals surface area contributed by atoms with Crippen LogP contribution in [-0.4, -0.2) is 47.7 Å². The second-order valence-electron chi connectivity index (χ2n) is 10.7. The summed E-state index contributed by atoms with van der Waals surface area (Å²) in [5, 5.41) is 7.17. The summed E-state index contributed by atoms with van der Waals surface area (Å²) < 4.78 is 50.3. The third-order valence-corrected chi connectivity index (χ3v) is 6.75. The number of carbonyl (C=O) groups is 1. The van der Waals surface area contributed by atoms with Gasteiger partial charge in [0.15, 0.2) is 5.65 Å². The molecule has 0 unspecified atom stereocenters. The Morgan fingerprint density at radius 3 is 2.56 bits per heavy atom. The average molecular weight is 498 g/mol. The van der Waals surface area contributed by atoms with E-state index >= 15 is 0 Å². The van der Waals surface area contributed by atoms with Crippen molar-refractivity contribution in [3.63, 3.8) is 0 Å². The van der Waals surface area contributed by atoms with E-state index in [1.165, 1.54) is 6.21 Å². The second-order valence-corrected chi connectivity index (χ2v) is 12.6. The molecule has 2 aromatic heterocycles. The van der Waals surface area contributed by atoms with Crippen LogP contribution in [0.15, 0.2) is 22.9 Å². The Balaban J connectivity index is 1.87. The number of imidazole rings is 1. The molecule has 1 saturated carbocycles. The zero-order valence-electron chi connectivity index (χ0n) is 20.5. The fourth-order valence-electron chi connectivity index (χ4n) is 3.66. The molecule has 0 bridgehead atoms. The quantitative estimate of drug-likeness (QED) is 0.462. The van der Waals surface area contributed by atoms with Gasteiger partial charge in [-0.2, -0.15) is 5.10 Å². The van der Waals surface area contributed by atoms with Crippen molar-refractivity contribution in [2.24, 2.45) is 10.3 Å². The number of nitrogens with zero attached hydrogens (tertiary/aromatic N) is 4. The van der Waals surface area contributed by atoms with Gasteiger partial charge in [0, 0.05) is 18.4 Å². The first-order valence-electron chi connectivity index (χ1n) is 11.3. The normalized spacial score (nSPS) is 19.3. The highest BCUT2D eigenvalue weighted by Crippen LogP contribution is 2.41. The molecule has 2 heterocycles. The first-order valence-corrected chi connectivity index (χ1v) is 12.4. The van der Waals surface area contributed by atoms with Crippen LogP contribution in [0.25, 0.3) is 5.65 Å². The standard InChI is InChI=1S/C23H33F2N5O3S/c1-21(2,3)33-20(31)29-19(16-7-9-23(24,25)10-8-16)17-14-30-18(28-17)11-15(12-26-30)13-27-34(32)22(4,5)6/h11-14,16,19H,7-10H2,1-6H3,(H,29,31)/b27-13+/t19-,34+/m0/s1. The minimum atomic E-state index is -2.69. The number of alkyl halides is 2. The Morgan fingerprint density at radius 2 is 1.97 bits per heavy atom. The Morgan fingerprint density at radius 1 is 1.32 bits per heavy atom. The average Bonchev–Trinajstić information content (AvgIpc) is 3.11. The van der Waals surface area contributed by atoms with Crippen molar-refractivity contribution in [3.8, 4) is 0 Å². The molecule has 1 fully saturated rings. The Labute approximate surface area is 201 Å². The number of hydrogen-bond acceptors (Lipinski definition) is 6. The van der Waals surface area contributed by atoms with Gasteiger partial charge in [-0.15, -0.1) is 0 Å². The maximum atomic E-state index is 13.8. The molecule has 0 spiro atoms. The van der Waals surface area contributed by atoms with Crippen LogP contribution in [0.4, 0.5) is 13.6 Å². The van der Waals surface area contributed by atoms with Gasteiger partial charge in [-0.05, 0) is 66.4 Å². The summed E-state index contributed by atoms with van der Waals surface area (Å²) in [5.74, 6) is -2.90. The number of halogens is 2. The number of ether oxygens (including phenoxy) is 1. The highest BCUT2D eigenvalue weighted by Gasteiger charge is 2.39. The topological polar surface area (TPSA) is 104 Å². The molecule has 8 nitrogen and oxygen atoms in total. The molecule has 1 aliphatic carbocycles. The van der Waals surface area contributed by atoms with Gasteiger partial charge in [-0.1, -0.05) is 4.40 Å². The van der Waals surface area contributed by atoms with E-state index in [0.29, 0.717) is 16.9 Å². The monoisotopic (exact) mass is 497 g/mol. The van der Waals surface area contributed by atoms with Gasteiger partial charge < -0.3 is 14.6 Å². The van der Waals surface area contributed by atoms with Gasteiger partial charge in [-0.3, -0.25) is 0 Å². The van der Waals surface area contributed by atoms with Gasteiger partial charge in [0.25, 0.3) is 0 Å². The summed E-state index contributed by atoms with van der Waals surface area (Å²) in [4.78, 5) is 17.1.